The van der Waals surface area contributed by atoms with E-state index in [-0.39, 0.29) is 5.41 Å². The molecule has 0 amide bonds. The van der Waals surface area contributed by atoms with Crippen molar-refractivity contribution in [3.8, 4) is 0 Å². The van der Waals surface area contributed by atoms with Gasteiger partial charge >= 0.3 is 0 Å². The predicted molar refractivity (Wildman–Crippen MR) is 60.2 cm³/mol. The van der Waals surface area contributed by atoms with Gasteiger partial charge in [0.2, 0.25) is 0 Å². The van der Waals surface area contributed by atoms with Gasteiger partial charge < -0.3 is 14.9 Å². The SMILES string of the molecule is NCCC1(c2ccc3ncoc3c2)COC1. The Hall–Kier alpha value is -1.39. The lowest BCUT2D eigenvalue weighted by Crippen LogP contribution is -2.48. The molecule has 1 aliphatic rings. The number of hydrogen-bond acceptors (Lipinski definition) is 4. The highest BCUT2D eigenvalue weighted by atomic mass is 16.5. The fourth-order valence-electron chi connectivity index (χ4n) is 2.27. The van der Waals surface area contributed by atoms with Gasteiger partial charge in [0.25, 0.3) is 0 Å². The van der Waals surface area contributed by atoms with Crippen LogP contribution in [0.1, 0.15) is 12.0 Å². The molecular weight excluding hydrogens is 204 g/mol. The predicted octanol–water partition coefficient (Wildman–Crippen LogP) is 1.44. The van der Waals surface area contributed by atoms with Gasteiger partial charge in [0, 0.05) is 5.41 Å². The molecule has 2 heterocycles. The van der Waals surface area contributed by atoms with E-state index in [0.29, 0.717) is 6.54 Å². The summed E-state index contributed by atoms with van der Waals surface area (Å²) in [7, 11) is 0. The molecule has 16 heavy (non-hydrogen) atoms. The standard InChI is InChI=1S/C12H14N2O2/c13-4-3-12(6-15-7-12)9-1-2-10-11(5-9)16-8-14-10/h1-2,5,8H,3-4,6-7,13H2. The summed E-state index contributed by atoms with van der Waals surface area (Å²) in [5.41, 5.74) is 8.73. The molecule has 0 saturated carbocycles. The normalized spacial score (nSPS) is 18.6. The van der Waals surface area contributed by atoms with Gasteiger partial charge in [-0.15, -0.1) is 0 Å². The van der Waals surface area contributed by atoms with Crippen LogP contribution in [0.5, 0.6) is 0 Å². The highest BCUT2D eigenvalue weighted by molar-refractivity contribution is 5.73. The van der Waals surface area contributed by atoms with Crippen molar-refractivity contribution in [3.63, 3.8) is 0 Å². The van der Waals surface area contributed by atoms with Crippen molar-refractivity contribution in [1.29, 1.82) is 0 Å². The highest BCUT2D eigenvalue weighted by Crippen LogP contribution is 2.36. The minimum atomic E-state index is 0.0930. The number of nitrogens with zero attached hydrogens (tertiary/aromatic N) is 1. The Morgan fingerprint density at radius 1 is 1.38 bits per heavy atom. The quantitative estimate of drug-likeness (QED) is 0.846. The molecule has 1 saturated heterocycles. The number of oxazole rings is 1. The maximum Gasteiger partial charge on any atom is 0.181 e. The van der Waals surface area contributed by atoms with E-state index in [9.17, 15) is 0 Å². The van der Waals surface area contributed by atoms with Crippen LogP contribution in [-0.4, -0.2) is 24.7 Å². The Kier molecular flexibility index (Phi) is 2.19. The Morgan fingerprint density at radius 3 is 2.94 bits per heavy atom. The molecule has 0 atom stereocenters. The zero-order valence-corrected chi connectivity index (χ0v) is 8.98. The number of hydrogen-bond donors (Lipinski definition) is 1. The Balaban J connectivity index is 2.03. The summed E-state index contributed by atoms with van der Waals surface area (Å²) in [5, 5.41) is 0. The van der Waals surface area contributed by atoms with Crippen molar-refractivity contribution in [2.75, 3.05) is 19.8 Å². The van der Waals surface area contributed by atoms with Crippen molar-refractivity contribution in [3.05, 3.63) is 30.2 Å². The fourth-order valence-corrected chi connectivity index (χ4v) is 2.27. The monoisotopic (exact) mass is 218 g/mol. The number of ether oxygens (including phenoxy) is 1. The number of nitrogens with two attached hydrogens (primary N) is 1. The van der Waals surface area contributed by atoms with Gasteiger partial charge in [0.15, 0.2) is 12.0 Å². The number of benzene rings is 1. The second kappa shape index (κ2) is 3.57. The largest absolute Gasteiger partial charge is 0.443 e. The molecule has 0 spiro atoms. The molecule has 4 heteroatoms. The van der Waals surface area contributed by atoms with E-state index in [4.69, 9.17) is 14.9 Å². The van der Waals surface area contributed by atoms with Crippen molar-refractivity contribution < 1.29 is 9.15 Å². The summed E-state index contributed by atoms with van der Waals surface area (Å²) in [5.74, 6) is 0. The van der Waals surface area contributed by atoms with E-state index in [1.54, 1.807) is 0 Å². The van der Waals surface area contributed by atoms with Crippen molar-refractivity contribution in [1.82, 2.24) is 4.98 Å². The average molecular weight is 218 g/mol. The first-order chi connectivity index (χ1) is 7.84. The van der Waals surface area contributed by atoms with E-state index in [0.717, 1.165) is 30.7 Å². The summed E-state index contributed by atoms with van der Waals surface area (Å²) >= 11 is 0. The van der Waals surface area contributed by atoms with Gasteiger partial charge in [-0.3, -0.25) is 0 Å². The minimum Gasteiger partial charge on any atom is -0.443 e. The van der Waals surface area contributed by atoms with Crippen molar-refractivity contribution >= 4 is 11.1 Å². The third kappa shape index (κ3) is 1.34. The lowest BCUT2D eigenvalue weighted by atomic mass is 9.76. The zero-order valence-electron chi connectivity index (χ0n) is 8.98. The van der Waals surface area contributed by atoms with Crippen LogP contribution in [0.15, 0.2) is 29.0 Å². The molecular formula is C12H14N2O2. The molecule has 0 unspecified atom stereocenters. The van der Waals surface area contributed by atoms with Crippen LogP contribution >= 0.6 is 0 Å². The van der Waals surface area contributed by atoms with Gasteiger partial charge in [-0.25, -0.2) is 4.98 Å². The zero-order chi connectivity index (χ0) is 11.0. The first kappa shape index (κ1) is 9.81. The Morgan fingerprint density at radius 2 is 2.25 bits per heavy atom. The fraction of sp³-hybridized carbons (Fsp3) is 0.417. The number of aromatic nitrogens is 1. The summed E-state index contributed by atoms with van der Waals surface area (Å²) in [6, 6.07) is 6.15. The molecule has 0 bridgehead atoms. The molecule has 2 N–H and O–H groups in total. The summed E-state index contributed by atoms with van der Waals surface area (Å²) in [6.07, 6.45) is 2.42. The third-order valence-electron chi connectivity index (χ3n) is 3.32. The smallest absolute Gasteiger partial charge is 0.181 e. The van der Waals surface area contributed by atoms with E-state index in [2.05, 4.69) is 17.1 Å². The Labute approximate surface area is 93.4 Å². The molecule has 4 nitrogen and oxygen atoms in total. The van der Waals surface area contributed by atoms with E-state index in [1.165, 1.54) is 12.0 Å². The van der Waals surface area contributed by atoms with Crippen LogP contribution in [0, 0.1) is 0 Å². The average Bonchev–Trinajstić information content (AvgIpc) is 2.70. The molecule has 3 rings (SSSR count). The summed E-state index contributed by atoms with van der Waals surface area (Å²) in [6.45, 7) is 2.19. The van der Waals surface area contributed by atoms with Gasteiger partial charge in [0.05, 0.1) is 13.2 Å². The molecule has 1 aliphatic heterocycles. The maximum absolute atomic E-state index is 5.66. The number of fused-ring (bicyclic) bond motifs is 1. The molecule has 1 fully saturated rings. The lowest BCUT2D eigenvalue weighted by molar-refractivity contribution is -0.0630. The van der Waals surface area contributed by atoms with Gasteiger partial charge in [-0.1, -0.05) is 6.07 Å². The highest BCUT2D eigenvalue weighted by Gasteiger charge is 2.39. The summed E-state index contributed by atoms with van der Waals surface area (Å²) < 4.78 is 10.7. The van der Waals surface area contributed by atoms with Gasteiger partial charge in [-0.05, 0) is 30.7 Å². The van der Waals surface area contributed by atoms with Crippen LogP contribution in [0.2, 0.25) is 0 Å². The molecule has 0 aliphatic carbocycles. The van der Waals surface area contributed by atoms with Gasteiger partial charge in [-0.2, -0.15) is 0 Å². The van der Waals surface area contributed by atoms with E-state index >= 15 is 0 Å². The Bertz CT molecular complexity index is 502. The summed E-state index contributed by atoms with van der Waals surface area (Å²) in [4.78, 5) is 4.11. The molecule has 0 radical (unpaired) electrons. The lowest BCUT2D eigenvalue weighted by Gasteiger charge is -2.41. The van der Waals surface area contributed by atoms with Crippen LogP contribution in [0.3, 0.4) is 0 Å². The van der Waals surface area contributed by atoms with Crippen LogP contribution in [-0.2, 0) is 10.2 Å². The van der Waals surface area contributed by atoms with E-state index < -0.39 is 0 Å². The topological polar surface area (TPSA) is 61.3 Å². The second-order valence-electron chi connectivity index (χ2n) is 4.35. The van der Waals surface area contributed by atoms with Gasteiger partial charge in [0.1, 0.15) is 5.52 Å². The molecule has 2 aromatic rings. The van der Waals surface area contributed by atoms with Crippen molar-refractivity contribution in [2.45, 2.75) is 11.8 Å². The maximum atomic E-state index is 5.66. The second-order valence-corrected chi connectivity index (χ2v) is 4.35. The van der Waals surface area contributed by atoms with Crippen LogP contribution in [0.25, 0.3) is 11.1 Å². The van der Waals surface area contributed by atoms with Crippen molar-refractivity contribution in [2.24, 2.45) is 5.73 Å². The first-order valence-electron chi connectivity index (χ1n) is 5.46. The number of rotatable bonds is 3. The third-order valence-corrected chi connectivity index (χ3v) is 3.32. The first-order valence-corrected chi connectivity index (χ1v) is 5.46. The molecule has 1 aromatic carbocycles. The van der Waals surface area contributed by atoms with Crippen LogP contribution < -0.4 is 5.73 Å². The van der Waals surface area contributed by atoms with Crippen LogP contribution in [0.4, 0.5) is 0 Å². The molecule has 1 aromatic heterocycles. The van der Waals surface area contributed by atoms with E-state index in [1.807, 2.05) is 6.07 Å². The minimum absolute atomic E-state index is 0.0930. The molecule has 84 valence electrons.